The lowest BCUT2D eigenvalue weighted by atomic mass is 10.1. The molecule has 7 heteroatoms. The molecule has 0 aliphatic carbocycles. The Bertz CT molecular complexity index is 1130. The van der Waals surface area contributed by atoms with Gasteiger partial charge in [0, 0.05) is 6.42 Å². The second-order valence-electron chi connectivity index (χ2n) is 12.5. The smallest absolute Gasteiger partial charge is 0.267 e. The maximum atomic E-state index is 12.4. The topological polar surface area (TPSA) is 104 Å². The highest BCUT2D eigenvalue weighted by atomic mass is 32.2. The molecule has 3 N–H and O–H groups in total. The van der Waals surface area contributed by atoms with Gasteiger partial charge in [0.1, 0.15) is 0 Å². The minimum Gasteiger partial charge on any atom is -0.387 e. The SMILES string of the molecule is CC/C=C\C/C=C\C/C=C\C/C=C\C/C=C\C/C=C\CCC(=O)NC(CS(=O)(=O)O)C(O)/C=C/CC/C=C/CCCCCCCCCCC. The number of aliphatic hydroxyl groups is 1. The summed E-state index contributed by atoms with van der Waals surface area (Å²) in [6.07, 6.45) is 52.6. The molecule has 0 radical (unpaired) electrons. The molecule has 0 fully saturated rings. The number of carbonyl (C=O) groups is 1. The average molecular weight is 700 g/mol. The molecule has 0 saturated heterocycles. The van der Waals surface area contributed by atoms with E-state index >= 15 is 0 Å². The molecule has 0 heterocycles. The van der Waals surface area contributed by atoms with E-state index in [1.165, 1.54) is 63.9 Å². The Labute approximate surface area is 300 Å². The van der Waals surface area contributed by atoms with Gasteiger partial charge in [0.15, 0.2) is 0 Å². The van der Waals surface area contributed by atoms with Gasteiger partial charge < -0.3 is 10.4 Å². The first kappa shape index (κ1) is 46.3. The quantitative estimate of drug-likeness (QED) is 0.0368. The molecule has 0 bridgehead atoms. The largest absolute Gasteiger partial charge is 0.387 e. The molecular formula is C42H69NO5S. The van der Waals surface area contributed by atoms with Crippen molar-refractivity contribution in [2.24, 2.45) is 0 Å². The van der Waals surface area contributed by atoms with Gasteiger partial charge in [0.25, 0.3) is 10.1 Å². The van der Waals surface area contributed by atoms with Crippen molar-refractivity contribution in [2.75, 3.05) is 5.75 Å². The summed E-state index contributed by atoms with van der Waals surface area (Å²) in [7, 11) is -4.38. The van der Waals surface area contributed by atoms with Crippen LogP contribution in [0.5, 0.6) is 0 Å². The molecule has 0 aromatic carbocycles. The van der Waals surface area contributed by atoms with Crippen LogP contribution in [-0.4, -0.2) is 41.9 Å². The summed E-state index contributed by atoms with van der Waals surface area (Å²) < 4.78 is 32.4. The van der Waals surface area contributed by atoms with Crippen molar-refractivity contribution in [2.45, 2.75) is 154 Å². The van der Waals surface area contributed by atoms with Crippen molar-refractivity contribution in [1.29, 1.82) is 0 Å². The third-order valence-corrected chi connectivity index (χ3v) is 8.54. The van der Waals surface area contributed by atoms with Crippen LogP contribution in [0.15, 0.2) is 97.2 Å². The molecule has 0 rings (SSSR count). The monoisotopic (exact) mass is 699 g/mol. The van der Waals surface area contributed by atoms with E-state index in [0.717, 1.165) is 51.4 Å². The van der Waals surface area contributed by atoms with Gasteiger partial charge in [0.2, 0.25) is 5.91 Å². The third kappa shape index (κ3) is 36.4. The fraction of sp³-hybridized carbons (Fsp3) is 0.595. The lowest BCUT2D eigenvalue weighted by molar-refractivity contribution is -0.122. The molecule has 0 saturated carbocycles. The van der Waals surface area contributed by atoms with Gasteiger partial charge in [-0.05, 0) is 70.6 Å². The van der Waals surface area contributed by atoms with Crippen molar-refractivity contribution in [3.05, 3.63) is 97.2 Å². The molecule has 49 heavy (non-hydrogen) atoms. The van der Waals surface area contributed by atoms with Gasteiger partial charge in [-0.2, -0.15) is 8.42 Å². The summed E-state index contributed by atoms with van der Waals surface area (Å²) in [6.45, 7) is 4.38. The first-order chi connectivity index (χ1) is 23.8. The number of rotatable bonds is 32. The highest BCUT2D eigenvalue weighted by molar-refractivity contribution is 7.85. The molecule has 2 atom stereocenters. The maximum Gasteiger partial charge on any atom is 0.267 e. The number of aliphatic hydroxyl groups excluding tert-OH is 1. The standard InChI is InChI=1S/C42H69NO5S/c1-3-5-7-9-11-13-15-17-19-20-21-22-24-26-28-30-32-34-36-38-42(45)43-40(39-49(46,47)48)41(44)37-35-33-31-29-27-25-23-18-16-14-12-10-8-6-4-2/h5,7,11,13,17,19,21-22,26-29,32,34-35,37,40-41,44H,3-4,6,8-10,12,14-16,18,20,23-25,30-31,33,36,38-39H2,1-2H3,(H,43,45)(H,46,47,48)/b7-5-,13-11-,19-17-,22-21-,28-26-,29-27+,34-32-,37-35+. The lowest BCUT2D eigenvalue weighted by Gasteiger charge is -2.20. The summed E-state index contributed by atoms with van der Waals surface area (Å²) in [6, 6.07) is -1.12. The van der Waals surface area contributed by atoms with Crippen molar-refractivity contribution >= 4 is 16.0 Å². The van der Waals surface area contributed by atoms with Crippen LogP contribution in [0.25, 0.3) is 0 Å². The van der Waals surface area contributed by atoms with Crippen molar-refractivity contribution < 1.29 is 22.9 Å². The molecule has 0 aromatic heterocycles. The number of amides is 1. The van der Waals surface area contributed by atoms with E-state index in [0.29, 0.717) is 12.8 Å². The Morgan fingerprint density at radius 2 is 1.00 bits per heavy atom. The molecule has 1 amide bonds. The number of hydrogen-bond donors (Lipinski definition) is 3. The number of allylic oxidation sites excluding steroid dienone is 15. The third-order valence-electron chi connectivity index (χ3n) is 7.76. The van der Waals surface area contributed by atoms with Crippen LogP contribution >= 0.6 is 0 Å². The van der Waals surface area contributed by atoms with E-state index in [1.54, 1.807) is 6.08 Å². The van der Waals surface area contributed by atoms with Crippen LogP contribution in [0.2, 0.25) is 0 Å². The normalized spacial score (nSPS) is 14.4. The Kier molecular flexibility index (Phi) is 33.1. The van der Waals surface area contributed by atoms with Crippen LogP contribution in [0.3, 0.4) is 0 Å². The molecule has 0 aliphatic rings. The summed E-state index contributed by atoms with van der Waals surface area (Å²) >= 11 is 0. The highest BCUT2D eigenvalue weighted by Crippen LogP contribution is 2.11. The fourth-order valence-corrected chi connectivity index (χ4v) is 5.69. The summed E-state index contributed by atoms with van der Waals surface area (Å²) in [5.41, 5.74) is 0. The average Bonchev–Trinajstić information content (AvgIpc) is 3.06. The molecule has 0 aromatic rings. The van der Waals surface area contributed by atoms with Crippen LogP contribution < -0.4 is 5.32 Å². The van der Waals surface area contributed by atoms with Gasteiger partial charge in [-0.1, -0.05) is 162 Å². The van der Waals surface area contributed by atoms with Crippen LogP contribution in [0.4, 0.5) is 0 Å². The minimum atomic E-state index is -4.38. The van der Waals surface area contributed by atoms with Gasteiger partial charge in [0.05, 0.1) is 17.9 Å². The van der Waals surface area contributed by atoms with Crippen molar-refractivity contribution in [1.82, 2.24) is 5.32 Å². The Morgan fingerprint density at radius 3 is 1.51 bits per heavy atom. The predicted molar refractivity (Wildman–Crippen MR) is 211 cm³/mol. The van der Waals surface area contributed by atoms with Crippen LogP contribution in [0, 0.1) is 0 Å². The maximum absolute atomic E-state index is 12.4. The van der Waals surface area contributed by atoms with Gasteiger partial charge in [-0.3, -0.25) is 9.35 Å². The summed E-state index contributed by atoms with van der Waals surface area (Å²) in [5, 5.41) is 13.1. The Morgan fingerprint density at radius 1 is 0.571 bits per heavy atom. The molecule has 278 valence electrons. The van der Waals surface area contributed by atoms with E-state index in [2.05, 4.69) is 92.1 Å². The second kappa shape index (κ2) is 35.1. The zero-order valence-electron chi connectivity index (χ0n) is 30.8. The molecule has 2 unspecified atom stereocenters. The fourth-order valence-electron chi connectivity index (χ4n) is 4.96. The summed E-state index contributed by atoms with van der Waals surface area (Å²) in [4.78, 5) is 12.4. The van der Waals surface area contributed by atoms with Gasteiger partial charge in [-0.15, -0.1) is 0 Å². The summed E-state index contributed by atoms with van der Waals surface area (Å²) in [5.74, 6) is -1.12. The molecule has 6 nitrogen and oxygen atoms in total. The number of unbranched alkanes of at least 4 members (excludes halogenated alkanes) is 10. The van der Waals surface area contributed by atoms with Crippen LogP contribution in [-0.2, 0) is 14.9 Å². The minimum absolute atomic E-state index is 0.157. The zero-order valence-corrected chi connectivity index (χ0v) is 31.6. The first-order valence-electron chi connectivity index (χ1n) is 18.9. The van der Waals surface area contributed by atoms with E-state index in [9.17, 15) is 22.9 Å². The first-order valence-corrected chi connectivity index (χ1v) is 20.5. The van der Waals surface area contributed by atoms with Crippen molar-refractivity contribution in [3.8, 4) is 0 Å². The van der Waals surface area contributed by atoms with Gasteiger partial charge in [-0.25, -0.2) is 0 Å². The van der Waals surface area contributed by atoms with Crippen LogP contribution in [0.1, 0.15) is 142 Å². The van der Waals surface area contributed by atoms with Gasteiger partial charge >= 0.3 is 0 Å². The predicted octanol–water partition coefficient (Wildman–Crippen LogP) is 11.0. The zero-order chi connectivity index (χ0) is 36.1. The second-order valence-corrected chi connectivity index (χ2v) is 14.0. The molecule has 0 spiro atoms. The number of hydrogen-bond acceptors (Lipinski definition) is 4. The Balaban J connectivity index is 4.20. The highest BCUT2D eigenvalue weighted by Gasteiger charge is 2.24. The molecule has 0 aliphatic heterocycles. The van der Waals surface area contributed by atoms with E-state index in [-0.39, 0.29) is 12.3 Å². The molecular weight excluding hydrogens is 631 g/mol. The Hall–Kier alpha value is -2.74. The van der Waals surface area contributed by atoms with E-state index < -0.39 is 28.0 Å². The van der Waals surface area contributed by atoms with E-state index in [1.807, 2.05) is 12.2 Å². The lowest BCUT2D eigenvalue weighted by Crippen LogP contribution is -2.46. The number of carbonyl (C=O) groups excluding carboxylic acids is 1. The van der Waals surface area contributed by atoms with E-state index in [4.69, 9.17) is 0 Å². The van der Waals surface area contributed by atoms with Crippen molar-refractivity contribution in [3.63, 3.8) is 0 Å². The number of nitrogens with one attached hydrogen (secondary N) is 1.